The summed E-state index contributed by atoms with van der Waals surface area (Å²) in [7, 11) is 0. The van der Waals surface area contributed by atoms with Crippen LogP contribution in [0.2, 0.25) is 5.15 Å². The average Bonchev–Trinajstić information content (AvgIpc) is 3.34. The number of hydrogen-bond donors (Lipinski definition) is 2. The van der Waals surface area contributed by atoms with E-state index in [2.05, 4.69) is 10.3 Å². The zero-order chi connectivity index (χ0) is 26.5. The molecule has 0 bridgehead atoms. The molecule has 1 aliphatic carbocycles. The van der Waals surface area contributed by atoms with Crippen molar-refractivity contribution >= 4 is 35.3 Å². The molecule has 2 fully saturated rings. The van der Waals surface area contributed by atoms with Crippen molar-refractivity contribution in [2.75, 3.05) is 13.1 Å². The first-order chi connectivity index (χ1) is 17.7. The zero-order valence-electron chi connectivity index (χ0n) is 20.7. The van der Waals surface area contributed by atoms with Gasteiger partial charge in [0.05, 0.1) is 12.0 Å². The fourth-order valence-electron chi connectivity index (χ4n) is 5.18. The van der Waals surface area contributed by atoms with Gasteiger partial charge >= 0.3 is 5.97 Å². The number of halogens is 1. The lowest BCUT2D eigenvalue weighted by Crippen LogP contribution is -2.57. The highest BCUT2D eigenvalue weighted by molar-refractivity contribution is 6.29. The molecular formula is C27H31ClN4O5. The van der Waals surface area contributed by atoms with Gasteiger partial charge in [0.1, 0.15) is 5.15 Å². The second-order valence-corrected chi connectivity index (χ2v) is 10.1. The van der Waals surface area contributed by atoms with Gasteiger partial charge in [-0.05, 0) is 49.9 Å². The van der Waals surface area contributed by atoms with Crippen LogP contribution in [0.3, 0.4) is 0 Å². The SMILES string of the molecule is Cc1ccc(C(=O)N2CCN(C(=O)c3ccc(Cl)nc3)C2C(=O)NC(CC(=O)O)C2CCCCC2)cc1. The summed E-state index contributed by atoms with van der Waals surface area (Å²) >= 11 is 5.87. The molecule has 1 aliphatic heterocycles. The van der Waals surface area contributed by atoms with Crippen molar-refractivity contribution in [2.45, 2.75) is 57.7 Å². The summed E-state index contributed by atoms with van der Waals surface area (Å²) < 4.78 is 0. The minimum Gasteiger partial charge on any atom is -0.481 e. The quantitative estimate of drug-likeness (QED) is 0.533. The second-order valence-electron chi connectivity index (χ2n) is 9.72. The van der Waals surface area contributed by atoms with E-state index in [1.165, 1.54) is 28.1 Å². The number of nitrogens with one attached hydrogen (secondary N) is 1. The number of hydrogen-bond acceptors (Lipinski definition) is 5. The Kier molecular flexibility index (Phi) is 8.43. The maximum atomic E-state index is 13.8. The molecule has 10 heteroatoms. The molecule has 2 aliphatic rings. The van der Waals surface area contributed by atoms with Gasteiger partial charge in [0.2, 0.25) is 0 Å². The number of benzene rings is 1. The molecule has 1 saturated carbocycles. The predicted octanol–water partition coefficient (Wildman–Crippen LogP) is 3.51. The Morgan fingerprint density at radius 1 is 0.973 bits per heavy atom. The third-order valence-electron chi connectivity index (χ3n) is 7.14. The Hall–Kier alpha value is -3.46. The number of pyridine rings is 1. The number of carboxylic acids is 1. The van der Waals surface area contributed by atoms with E-state index in [0.29, 0.717) is 5.56 Å². The number of rotatable bonds is 7. The first-order valence-corrected chi connectivity index (χ1v) is 12.9. The van der Waals surface area contributed by atoms with Gasteiger partial charge in [-0.2, -0.15) is 0 Å². The molecule has 2 atom stereocenters. The largest absolute Gasteiger partial charge is 0.481 e. The molecule has 0 spiro atoms. The first-order valence-electron chi connectivity index (χ1n) is 12.6. The first kappa shape index (κ1) is 26.6. The molecule has 9 nitrogen and oxygen atoms in total. The molecule has 2 N–H and O–H groups in total. The van der Waals surface area contributed by atoms with Crippen LogP contribution in [-0.2, 0) is 9.59 Å². The Labute approximate surface area is 220 Å². The molecule has 1 aromatic heterocycles. The molecule has 0 radical (unpaired) electrons. The molecule has 1 aromatic carbocycles. The Balaban J connectivity index is 1.63. The summed E-state index contributed by atoms with van der Waals surface area (Å²) in [5.74, 6) is -2.38. The van der Waals surface area contributed by atoms with E-state index in [0.717, 1.165) is 37.7 Å². The van der Waals surface area contributed by atoms with E-state index >= 15 is 0 Å². The third kappa shape index (κ3) is 6.28. The number of carbonyl (C=O) groups is 4. The number of aliphatic carboxylic acids is 1. The number of aryl methyl sites for hydroxylation is 1. The summed E-state index contributed by atoms with van der Waals surface area (Å²) in [5.41, 5.74) is 1.63. The summed E-state index contributed by atoms with van der Waals surface area (Å²) in [6, 6.07) is 9.42. The van der Waals surface area contributed by atoms with Crippen LogP contribution >= 0.6 is 11.6 Å². The number of aromatic nitrogens is 1. The van der Waals surface area contributed by atoms with Crippen LogP contribution < -0.4 is 5.32 Å². The van der Waals surface area contributed by atoms with Crippen molar-refractivity contribution in [1.29, 1.82) is 0 Å². The van der Waals surface area contributed by atoms with E-state index < -0.39 is 30.0 Å². The standard InChI is InChI=1S/C27H31ClN4O5/c1-17-7-9-19(10-8-17)26(36)31-13-14-32(27(37)20-11-12-22(28)29-16-20)25(31)24(35)30-21(15-23(33)34)18-5-3-2-4-6-18/h7-12,16,18,21,25H,2-6,13-15H2,1H3,(H,30,35)(H,33,34). The van der Waals surface area contributed by atoms with Gasteiger partial charge in [0.25, 0.3) is 17.7 Å². The molecular weight excluding hydrogens is 496 g/mol. The van der Waals surface area contributed by atoms with Crippen molar-refractivity contribution in [3.05, 3.63) is 64.4 Å². The van der Waals surface area contributed by atoms with Crippen molar-refractivity contribution in [3.8, 4) is 0 Å². The maximum Gasteiger partial charge on any atom is 0.305 e. The Morgan fingerprint density at radius 3 is 2.14 bits per heavy atom. The highest BCUT2D eigenvalue weighted by atomic mass is 35.5. The van der Waals surface area contributed by atoms with Crippen molar-refractivity contribution < 1.29 is 24.3 Å². The van der Waals surface area contributed by atoms with Gasteiger partial charge in [-0.15, -0.1) is 0 Å². The molecule has 2 unspecified atom stereocenters. The van der Waals surface area contributed by atoms with Crippen LogP contribution in [0.4, 0.5) is 0 Å². The topological polar surface area (TPSA) is 120 Å². The van der Waals surface area contributed by atoms with E-state index in [1.807, 2.05) is 19.1 Å². The van der Waals surface area contributed by atoms with Gasteiger partial charge in [-0.1, -0.05) is 48.6 Å². The summed E-state index contributed by atoms with van der Waals surface area (Å²) in [6.07, 6.45) is 4.59. The van der Waals surface area contributed by atoms with E-state index in [1.54, 1.807) is 12.1 Å². The average molecular weight is 527 g/mol. The smallest absolute Gasteiger partial charge is 0.305 e. The van der Waals surface area contributed by atoms with Gasteiger partial charge in [0, 0.05) is 30.9 Å². The van der Waals surface area contributed by atoms with Gasteiger partial charge < -0.3 is 20.2 Å². The van der Waals surface area contributed by atoms with Crippen molar-refractivity contribution in [2.24, 2.45) is 5.92 Å². The van der Waals surface area contributed by atoms with E-state index in [4.69, 9.17) is 11.6 Å². The molecule has 1 saturated heterocycles. The van der Waals surface area contributed by atoms with Crippen molar-refractivity contribution in [3.63, 3.8) is 0 Å². The molecule has 2 aromatic rings. The van der Waals surface area contributed by atoms with Crippen molar-refractivity contribution in [1.82, 2.24) is 20.1 Å². The maximum absolute atomic E-state index is 13.8. The van der Waals surface area contributed by atoms with Crippen LogP contribution in [0.5, 0.6) is 0 Å². The third-order valence-corrected chi connectivity index (χ3v) is 7.37. The fourth-order valence-corrected chi connectivity index (χ4v) is 5.30. The molecule has 2 heterocycles. The number of carboxylic acid groups (broad SMARTS) is 1. The zero-order valence-corrected chi connectivity index (χ0v) is 21.5. The second kappa shape index (κ2) is 11.7. The van der Waals surface area contributed by atoms with Crippen LogP contribution in [0, 0.1) is 12.8 Å². The number of nitrogens with zero attached hydrogens (tertiary/aromatic N) is 3. The van der Waals surface area contributed by atoms with Crippen LogP contribution in [0.25, 0.3) is 0 Å². The van der Waals surface area contributed by atoms with Crippen LogP contribution in [0.1, 0.15) is 64.8 Å². The lowest BCUT2D eigenvalue weighted by atomic mass is 9.82. The predicted molar refractivity (Wildman–Crippen MR) is 137 cm³/mol. The fraction of sp³-hybridized carbons (Fsp3) is 0.444. The highest BCUT2D eigenvalue weighted by Gasteiger charge is 2.44. The normalized spacial score (nSPS) is 18.9. The van der Waals surface area contributed by atoms with E-state index in [-0.39, 0.29) is 42.1 Å². The minimum atomic E-state index is -1.23. The number of carbonyl (C=O) groups excluding carboxylic acids is 3. The highest BCUT2D eigenvalue weighted by Crippen LogP contribution is 2.29. The molecule has 196 valence electrons. The Bertz CT molecular complexity index is 1080. The molecule has 3 amide bonds. The van der Waals surface area contributed by atoms with E-state index in [9.17, 15) is 24.3 Å². The summed E-state index contributed by atoms with van der Waals surface area (Å²) in [5, 5.41) is 12.7. The van der Waals surface area contributed by atoms with Crippen LogP contribution in [-0.4, -0.2) is 68.9 Å². The number of amides is 3. The molecule has 4 rings (SSSR count). The van der Waals surface area contributed by atoms with Gasteiger partial charge in [-0.25, -0.2) is 4.98 Å². The Morgan fingerprint density at radius 2 is 1.57 bits per heavy atom. The summed E-state index contributed by atoms with van der Waals surface area (Å²) in [4.78, 5) is 58.9. The molecule has 37 heavy (non-hydrogen) atoms. The minimum absolute atomic E-state index is 0.0288. The summed E-state index contributed by atoms with van der Waals surface area (Å²) in [6.45, 7) is 2.21. The lowest BCUT2D eigenvalue weighted by Gasteiger charge is -2.34. The lowest BCUT2D eigenvalue weighted by molar-refractivity contribution is -0.138. The van der Waals surface area contributed by atoms with Crippen LogP contribution in [0.15, 0.2) is 42.6 Å². The monoisotopic (exact) mass is 526 g/mol. The van der Waals surface area contributed by atoms with Gasteiger partial charge in [0.15, 0.2) is 6.17 Å². The van der Waals surface area contributed by atoms with Gasteiger partial charge in [-0.3, -0.25) is 19.2 Å².